The Morgan fingerprint density at radius 1 is 0.900 bits per heavy atom. The number of hydrogen-bond donors (Lipinski definition) is 0. The van der Waals surface area contributed by atoms with Crippen molar-refractivity contribution >= 4 is 34.0 Å². The monoisotopic (exact) mass is 418 g/mol. The fraction of sp³-hybridized carbons (Fsp3) is 0.292. The van der Waals surface area contributed by atoms with Crippen molar-refractivity contribution in [2.24, 2.45) is 5.41 Å². The van der Waals surface area contributed by atoms with Gasteiger partial charge in [0.25, 0.3) is 11.1 Å². The van der Waals surface area contributed by atoms with Gasteiger partial charge in [0.1, 0.15) is 6.04 Å². The van der Waals surface area contributed by atoms with Crippen LogP contribution in [0.2, 0.25) is 0 Å². The van der Waals surface area contributed by atoms with E-state index in [4.69, 9.17) is 0 Å². The van der Waals surface area contributed by atoms with Crippen LogP contribution in [0.4, 0.5) is 0 Å². The summed E-state index contributed by atoms with van der Waals surface area (Å²) in [5.74, 6) is 0.0132. The zero-order valence-electron chi connectivity index (χ0n) is 17.1. The molecule has 5 nitrogen and oxygen atoms in total. The summed E-state index contributed by atoms with van der Waals surface area (Å²) in [6.45, 7) is 4.06. The first-order valence-electron chi connectivity index (χ1n) is 9.99. The fourth-order valence-corrected chi connectivity index (χ4v) is 5.19. The third-order valence-electron chi connectivity index (χ3n) is 6.11. The van der Waals surface area contributed by atoms with Gasteiger partial charge < -0.3 is 0 Å². The van der Waals surface area contributed by atoms with Crippen molar-refractivity contribution in [2.45, 2.75) is 37.6 Å². The van der Waals surface area contributed by atoms with E-state index >= 15 is 0 Å². The molecule has 3 aromatic rings. The molecule has 152 valence electrons. The molecule has 30 heavy (non-hydrogen) atoms. The van der Waals surface area contributed by atoms with E-state index in [2.05, 4.69) is 0 Å². The van der Waals surface area contributed by atoms with Crippen LogP contribution in [0.1, 0.15) is 38.3 Å². The number of fused-ring (bicyclic) bond motifs is 3. The average Bonchev–Trinajstić information content (AvgIpc) is 3.06. The van der Waals surface area contributed by atoms with Crippen LogP contribution in [0, 0.1) is 5.41 Å². The molecular weight excluding hydrogens is 396 g/mol. The van der Waals surface area contributed by atoms with Gasteiger partial charge in [0, 0.05) is 16.9 Å². The number of benzene rings is 2. The smallest absolute Gasteiger partial charge is 0.277 e. The van der Waals surface area contributed by atoms with E-state index < -0.39 is 6.04 Å². The zero-order chi connectivity index (χ0) is 21.2. The summed E-state index contributed by atoms with van der Waals surface area (Å²) in [4.78, 5) is 41.4. The lowest BCUT2D eigenvalue weighted by molar-refractivity contribution is -0.118. The van der Waals surface area contributed by atoms with Crippen molar-refractivity contribution in [3.05, 3.63) is 80.4 Å². The second kappa shape index (κ2) is 6.57. The largest absolute Gasteiger partial charge is 0.294 e. The second-order valence-corrected chi connectivity index (χ2v) is 9.67. The summed E-state index contributed by atoms with van der Waals surface area (Å²) >= 11 is 1.63. The van der Waals surface area contributed by atoms with Gasteiger partial charge in [0.2, 0.25) is 0 Å². The molecule has 0 spiro atoms. The van der Waals surface area contributed by atoms with E-state index in [1.807, 2.05) is 44.4 Å². The quantitative estimate of drug-likeness (QED) is 0.588. The molecule has 0 saturated heterocycles. The molecule has 6 heteroatoms. The molecule has 0 bridgehead atoms. The van der Waals surface area contributed by atoms with Crippen LogP contribution < -0.4 is 11.1 Å². The van der Waals surface area contributed by atoms with Gasteiger partial charge in [-0.25, -0.2) is 9.36 Å². The van der Waals surface area contributed by atoms with Crippen molar-refractivity contribution in [1.29, 1.82) is 0 Å². The predicted octanol–water partition coefficient (Wildman–Crippen LogP) is 4.09. The van der Waals surface area contributed by atoms with Crippen LogP contribution in [0.15, 0.2) is 68.6 Å². The van der Waals surface area contributed by atoms with E-state index in [0.29, 0.717) is 34.9 Å². The number of nitrogens with zero attached hydrogens (tertiary/aromatic N) is 2. The van der Waals surface area contributed by atoms with Crippen LogP contribution in [-0.4, -0.2) is 21.4 Å². The summed E-state index contributed by atoms with van der Waals surface area (Å²) in [6, 6.07) is 14.2. The molecule has 1 aliphatic heterocycles. The highest BCUT2D eigenvalue weighted by Gasteiger charge is 2.44. The molecule has 0 N–H and O–H groups in total. The van der Waals surface area contributed by atoms with E-state index in [1.54, 1.807) is 36.0 Å². The molecule has 0 saturated carbocycles. The van der Waals surface area contributed by atoms with E-state index in [-0.39, 0.29) is 22.3 Å². The average molecular weight is 419 g/mol. The molecule has 0 fully saturated rings. The Bertz CT molecular complexity index is 1360. The number of thioether (sulfide) groups is 1. The molecular formula is C24H22N2O3S. The Kier molecular flexibility index (Phi) is 4.19. The first-order valence-corrected chi connectivity index (χ1v) is 11.2. The topological polar surface area (TPSA) is 61.1 Å². The second-order valence-electron chi connectivity index (χ2n) is 8.79. The summed E-state index contributed by atoms with van der Waals surface area (Å²) in [6.07, 6.45) is 2.98. The van der Waals surface area contributed by atoms with Gasteiger partial charge in [-0.15, -0.1) is 11.8 Å². The minimum Gasteiger partial charge on any atom is -0.294 e. The van der Waals surface area contributed by atoms with E-state index in [9.17, 15) is 14.4 Å². The van der Waals surface area contributed by atoms with Crippen molar-refractivity contribution in [2.75, 3.05) is 6.26 Å². The highest BCUT2D eigenvalue weighted by Crippen LogP contribution is 2.46. The van der Waals surface area contributed by atoms with Gasteiger partial charge in [-0.3, -0.25) is 14.4 Å². The highest BCUT2D eigenvalue weighted by atomic mass is 32.2. The minimum absolute atomic E-state index is 0.0132. The van der Waals surface area contributed by atoms with Gasteiger partial charge in [0.15, 0.2) is 5.78 Å². The number of carbonyl (C=O) groups excluding carboxylic acids is 1. The number of Topliss-reactive ketones (excluding diaryl/α,β-unsaturated/α-hetero) is 1. The van der Waals surface area contributed by atoms with Gasteiger partial charge >= 0.3 is 0 Å². The predicted molar refractivity (Wildman–Crippen MR) is 120 cm³/mol. The third-order valence-corrected chi connectivity index (χ3v) is 6.85. The molecule has 2 aromatic carbocycles. The van der Waals surface area contributed by atoms with Crippen LogP contribution in [0.5, 0.6) is 0 Å². The van der Waals surface area contributed by atoms with Crippen LogP contribution in [0.25, 0.3) is 16.5 Å². The fourth-order valence-electron chi connectivity index (χ4n) is 4.79. The third kappa shape index (κ3) is 2.67. The molecule has 5 rings (SSSR count). The molecule has 2 heterocycles. The summed E-state index contributed by atoms with van der Waals surface area (Å²) in [5, 5.41) is 0.774. The van der Waals surface area contributed by atoms with Gasteiger partial charge in [-0.1, -0.05) is 38.1 Å². The lowest BCUT2D eigenvalue weighted by Crippen LogP contribution is -2.37. The molecule has 1 unspecified atom stereocenters. The number of carbonyl (C=O) groups is 1. The normalized spacial score (nSPS) is 19.8. The molecule has 1 aliphatic carbocycles. The Balaban J connectivity index is 1.88. The lowest BCUT2D eigenvalue weighted by Gasteiger charge is -2.30. The summed E-state index contributed by atoms with van der Waals surface area (Å²) in [5.41, 5.74) is 1.34. The lowest BCUT2D eigenvalue weighted by atomic mass is 9.74. The molecule has 1 aromatic heterocycles. The number of ketones is 1. The number of aromatic nitrogens is 2. The standard InChI is InChI=1S/C24H22N2O3S/c1-24(2)12-18-20(19(27)13-24)21(14-8-10-15(30-3)11-9-14)26-23(29)17-7-5-4-6-16(17)22(28)25(18)26/h4-11,21H,12-13H2,1-3H3. The maximum atomic E-state index is 13.6. The minimum atomic E-state index is -0.579. The number of hydrogen-bond acceptors (Lipinski definition) is 4. The van der Waals surface area contributed by atoms with Crippen molar-refractivity contribution in [1.82, 2.24) is 9.36 Å². The van der Waals surface area contributed by atoms with Crippen LogP contribution in [0.3, 0.4) is 0 Å². The van der Waals surface area contributed by atoms with Crippen LogP contribution in [-0.2, 0) is 4.79 Å². The maximum absolute atomic E-state index is 13.6. The van der Waals surface area contributed by atoms with Crippen molar-refractivity contribution in [3.63, 3.8) is 0 Å². The van der Waals surface area contributed by atoms with Crippen LogP contribution >= 0.6 is 11.8 Å². The number of allylic oxidation sites excluding steroid dienone is 2. The summed E-state index contributed by atoms with van der Waals surface area (Å²) in [7, 11) is 0. The molecule has 0 radical (unpaired) electrons. The van der Waals surface area contributed by atoms with Gasteiger partial charge in [-0.05, 0) is 47.9 Å². The molecule has 0 amide bonds. The first kappa shape index (κ1) is 19.1. The first-order chi connectivity index (χ1) is 14.3. The summed E-state index contributed by atoms with van der Waals surface area (Å²) < 4.78 is 2.98. The van der Waals surface area contributed by atoms with Crippen molar-refractivity contribution < 1.29 is 4.79 Å². The van der Waals surface area contributed by atoms with Crippen molar-refractivity contribution in [3.8, 4) is 0 Å². The van der Waals surface area contributed by atoms with E-state index in [1.165, 1.54) is 9.36 Å². The Hall–Kier alpha value is -2.86. The SMILES string of the molecule is CSc1ccc(C2C3=C(CC(C)(C)CC3=O)n3c(=O)c4ccccc4c(=O)n32)cc1. The highest BCUT2D eigenvalue weighted by molar-refractivity contribution is 7.98. The zero-order valence-corrected chi connectivity index (χ0v) is 18.0. The van der Waals surface area contributed by atoms with Gasteiger partial charge in [0.05, 0.1) is 16.5 Å². The Morgan fingerprint density at radius 3 is 2.17 bits per heavy atom. The number of rotatable bonds is 2. The Labute approximate surface area is 178 Å². The van der Waals surface area contributed by atoms with Gasteiger partial charge in [-0.2, -0.15) is 0 Å². The molecule has 1 atom stereocenters. The Morgan fingerprint density at radius 2 is 1.53 bits per heavy atom. The maximum Gasteiger partial charge on any atom is 0.277 e. The molecule has 2 aliphatic rings. The van der Waals surface area contributed by atoms with E-state index in [0.717, 1.165) is 10.5 Å².